The molecule has 0 saturated carbocycles. The third kappa shape index (κ3) is 6.22. The average molecular weight is 516 g/mol. The van der Waals surface area contributed by atoms with Crippen molar-refractivity contribution < 1.29 is 33.4 Å². The Morgan fingerprint density at radius 2 is 1.47 bits per heavy atom. The summed E-state index contributed by atoms with van der Waals surface area (Å²) in [6.07, 6.45) is -0.848. The van der Waals surface area contributed by atoms with E-state index in [0.29, 0.717) is 22.4 Å². The van der Waals surface area contributed by atoms with Crippen molar-refractivity contribution in [2.24, 2.45) is 0 Å². The second-order valence-electron chi connectivity index (χ2n) is 8.29. The fourth-order valence-electron chi connectivity index (χ4n) is 3.79. The van der Waals surface area contributed by atoms with Crippen LogP contribution in [0.25, 0.3) is 0 Å². The number of carbonyl (C=O) groups excluding carboxylic acids is 5. The van der Waals surface area contributed by atoms with Gasteiger partial charge in [-0.05, 0) is 61.0 Å². The number of rotatable bonds is 9. The van der Waals surface area contributed by atoms with Crippen LogP contribution in [-0.2, 0) is 16.1 Å². The average Bonchev–Trinajstić information content (AvgIpc) is 3.16. The molecule has 0 saturated heterocycles. The number of carbonyl (C=O) groups is 5. The Kier molecular flexibility index (Phi) is 8.12. The maximum absolute atomic E-state index is 12.4. The minimum absolute atomic E-state index is 0.0156. The number of imide groups is 1. The van der Waals surface area contributed by atoms with Crippen molar-refractivity contribution in [3.63, 3.8) is 0 Å². The first kappa shape index (κ1) is 26.1. The van der Waals surface area contributed by atoms with Crippen LogP contribution in [0.3, 0.4) is 0 Å². The molecule has 0 spiro atoms. The lowest BCUT2D eigenvalue weighted by Gasteiger charge is -2.13. The molecule has 0 unspecified atom stereocenters. The van der Waals surface area contributed by atoms with Crippen molar-refractivity contribution in [3.8, 4) is 5.75 Å². The smallest absolute Gasteiger partial charge is 0.434 e. The summed E-state index contributed by atoms with van der Waals surface area (Å²) < 4.78 is 9.67. The zero-order valence-electron chi connectivity index (χ0n) is 20.6. The molecule has 0 radical (unpaired) electrons. The van der Waals surface area contributed by atoms with Crippen LogP contribution in [0, 0.1) is 0 Å². The van der Waals surface area contributed by atoms with Crippen molar-refractivity contribution in [1.82, 2.24) is 10.2 Å². The number of benzene rings is 3. The number of nitrogens with zero attached hydrogens (tertiary/aromatic N) is 1. The molecule has 2 N–H and O–H groups in total. The normalized spacial score (nSPS) is 12.1. The molecule has 4 rings (SSSR count). The molecule has 4 amide bonds. The van der Waals surface area contributed by atoms with Gasteiger partial charge in [0.2, 0.25) is 5.91 Å². The lowest BCUT2D eigenvalue weighted by atomic mass is 10.1. The van der Waals surface area contributed by atoms with Crippen LogP contribution in [0.15, 0.2) is 72.8 Å². The Bertz CT molecular complexity index is 1330. The zero-order chi connectivity index (χ0) is 27.1. The van der Waals surface area contributed by atoms with E-state index in [9.17, 15) is 24.0 Å². The van der Waals surface area contributed by atoms with Crippen LogP contribution in [0.2, 0.25) is 0 Å². The number of amides is 4. The fourth-order valence-corrected chi connectivity index (χ4v) is 3.79. The van der Waals surface area contributed by atoms with Crippen LogP contribution in [0.4, 0.5) is 10.5 Å². The highest BCUT2D eigenvalue weighted by Gasteiger charge is 2.34. The van der Waals surface area contributed by atoms with Crippen molar-refractivity contribution >= 4 is 35.5 Å². The van der Waals surface area contributed by atoms with Gasteiger partial charge < -0.3 is 20.1 Å². The van der Waals surface area contributed by atoms with Crippen LogP contribution in [0.5, 0.6) is 5.75 Å². The summed E-state index contributed by atoms with van der Waals surface area (Å²) in [5.41, 5.74) is 2.44. The molecule has 1 aliphatic heterocycles. The number of nitrogens with one attached hydrogen (secondary N) is 2. The first-order valence-corrected chi connectivity index (χ1v) is 11.9. The molecular weight excluding hydrogens is 490 g/mol. The predicted molar refractivity (Wildman–Crippen MR) is 137 cm³/mol. The largest absolute Gasteiger partial charge is 0.513 e. The minimum atomic E-state index is -0.813. The third-order valence-electron chi connectivity index (χ3n) is 5.71. The minimum Gasteiger partial charge on any atom is -0.434 e. The van der Waals surface area contributed by atoms with E-state index >= 15 is 0 Å². The summed E-state index contributed by atoms with van der Waals surface area (Å²) in [5, 5.41) is 5.54. The molecule has 0 aromatic heterocycles. The van der Waals surface area contributed by atoms with Crippen molar-refractivity contribution in [2.75, 3.05) is 18.5 Å². The van der Waals surface area contributed by atoms with Gasteiger partial charge in [0, 0.05) is 30.8 Å². The van der Waals surface area contributed by atoms with Crippen LogP contribution >= 0.6 is 0 Å². The topological polar surface area (TPSA) is 131 Å². The molecule has 0 fully saturated rings. The Morgan fingerprint density at radius 1 is 0.842 bits per heavy atom. The van der Waals surface area contributed by atoms with Crippen LogP contribution in [-0.4, -0.2) is 47.8 Å². The Hall–Kier alpha value is -4.99. The van der Waals surface area contributed by atoms with Gasteiger partial charge in [0.1, 0.15) is 5.75 Å². The maximum Gasteiger partial charge on any atom is 0.513 e. The van der Waals surface area contributed by atoms with E-state index < -0.39 is 18.0 Å². The van der Waals surface area contributed by atoms with Crippen molar-refractivity contribution in [3.05, 3.63) is 95.1 Å². The molecule has 1 aliphatic rings. The summed E-state index contributed by atoms with van der Waals surface area (Å²) in [6.45, 7) is 2.11. The summed E-state index contributed by atoms with van der Waals surface area (Å²) in [4.78, 5) is 62.0. The molecule has 1 heterocycles. The number of anilines is 1. The lowest BCUT2D eigenvalue weighted by Crippen LogP contribution is -2.32. The first-order valence-electron chi connectivity index (χ1n) is 11.9. The number of fused-ring (bicyclic) bond motifs is 1. The molecule has 38 heavy (non-hydrogen) atoms. The van der Waals surface area contributed by atoms with Gasteiger partial charge >= 0.3 is 6.16 Å². The zero-order valence-corrected chi connectivity index (χ0v) is 20.6. The van der Waals surface area contributed by atoms with E-state index in [2.05, 4.69) is 10.6 Å². The van der Waals surface area contributed by atoms with E-state index in [1.54, 1.807) is 55.5 Å². The Labute approximate surface area is 218 Å². The molecule has 0 bridgehead atoms. The highest BCUT2D eigenvalue weighted by atomic mass is 16.7. The van der Waals surface area contributed by atoms with Gasteiger partial charge in [0.05, 0.1) is 17.7 Å². The Balaban J connectivity index is 1.22. The van der Waals surface area contributed by atoms with E-state index in [-0.39, 0.29) is 43.7 Å². The van der Waals surface area contributed by atoms with Gasteiger partial charge in [-0.3, -0.25) is 24.1 Å². The highest BCUT2D eigenvalue weighted by Crippen LogP contribution is 2.22. The standard InChI is InChI=1S/C28H25N3O7/c1-2-37-28(36)38-21-13-9-19(10-14-21)25(33)29-17-18-7-11-20(12-8-18)30-24(32)15-16-31-26(34)22-5-3-4-6-23(22)27(31)35/h3-14H,2,15-17H2,1H3,(H,29,33)(H,30,32). The molecular formula is C28H25N3O7. The first-order chi connectivity index (χ1) is 18.4. The van der Waals surface area contributed by atoms with Gasteiger partial charge in [0.15, 0.2) is 0 Å². The van der Waals surface area contributed by atoms with E-state index in [4.69, 9.17) is 9.47 Å². The number of hydrogen-bond acceptors (Lipinski definition) is 7. The molecule has 3 aromatic carbocycles. The van der Waals surface area contributed by atoms with E-state index in [0.717, 1.165) is 10.5 Å². The quantitative estimate of drug-likeness (QED) is 0.252. The molecule has 0 aliphatic carbocycles. The van der Waals surface area contributed by atoms with Crippen LogP contribution in [0.1, 0.15) is 50.0 Å². The third-order valence-corrected chi connectivity index (χ3v) is 5.71. The summed E-state index contributed by atoms with van der Waals surface area (Å²) >= 11 is 0. The van der Waals surface area contributed by atoms with Crippen molar-refractivity contribution in [2.45, 2.75) is 19.9 Å². The van der Waals surface area contributed by atoms with Crippen molar-refractivity contribution in [1.29, 1.82) is 0 Å². The monoisotopic (exact) mass is 515 g/mol. The summed E-state index contributed by atoms with van der Waals surface area (Å²) in [5.74, 6) is -1.17. The second kappa shape index (κ2) is 11.8. The number of ether oxygens (including phenoxy) is 2. The summed E-state index contributed by atoms with van der Waals surface area (Å²) in [7, 11) is 0. The van der Waals surface area contributed by atoms with Gasteiger partial charge in [-0.1, -0.05) is 24.3 Å². The molecule has 10 nitrogen and oxygen atoms in total. The Morgan fingerprint density at radius 3 is 2.08 bits per heavy atom. The number of hydrogen-bond donors (Lipinski definition) is 2. The summed E-state index contributed by atoms with van der Waals surface area (Å²) in [6, 6.07) is 19.6. The lowest BCUT2D eigenvalue weighted by molar-refractivity contribution is -0.116. The highest BCUT2D eigenvalue weighted by molar-refractivity contribution is 6.21. The van der Waals surface area contributed by atoms with E-state index in [1.165, 1.54) is 24.3 Å². The molecule has 3 aromatic rings. The van der Waals surface area contributed by atoms with Gasteiger partial charge in [-0.2, -0.15) is 0 Å². The fraction of sp³-hybridized carbons (Fsp3) is 0.179. The SMILES string of the molecule is CCOC(=O)Oc1ccc(C(=O)NCc2ccc(NC(=O)CCN3C(=O)c4ccccc4C3=O)cc2)cc1. The van der Waals surface area contributed by atoms with E-state index in [1.807, 2.05) is 0 Å². The van der Waals surface area contributed by atoms with Gasteiger partial charge in [-0.15, -0.1) is 0 Å². The van der Waals surface area contributed by atoms with Gasteiger partial charge in [0.25, 0.3) is 17.7 Å². The predicted octanol–water partition coefficient (Wildman–Crippen LogP) is 3.78. The second-order valence-corrected chi connectivity index (χ2v) is 8.29. The molecule has 10 heteroatoms. The van der Waals surface area contributed by atoms with Crippen LogP contribution < -0.4 is 15.4 Å². The maximum atomic E-state index is 12.4. The molecule has 0 atom stereocenters. The molecule has 194 valence electrons. The van der Waals surface area contributed by atoms with Gasteiger partial charge in [-0.25, -0.2) is 4.79 Å².